The van der Waals surface area contributed by atoms with E-state index in [1.54, 1.807) is 0 Å². The minimum atomic E-state index is -4.59. The molecule has 0 aromatic heterocycles. The number of rotatable bonds is 8. The highest BCUT2D eigenvalue weighted by Gasteiger charge is 2.35. The van der Waals surface area contributed by atoms with E-state index in [4.69, 9.17) is 15.7 Å². The number of oxime groups is 1. The van der Waals surface area contributed by atoms with E-state index >= 15 is 0 Å². The molecule has 0 heterocycles. The van der Waals surface area contributed by atoms with Crippen molar-refractivity contribution in [3.8, 4) is 5.75 Å². The number of halogens is 3. The normalized spacial score (nSPS) is 12.8. The number of nitrogens with two attached hydrogens (primary N) is 1. The number of nitrogens with zero attached hydrogens (tertiary/aromatic N) is 1. The molecule has 0 atom stereocenters. The summed E-state index contributed by atoms with van der Waals surface area (Å²) in [5, 5.41) is 11.3. The zero-order valence-corrected chi connectivity index (χ0v) is 12.9. The van der Waals surface area contributed by atoms with E-state index in [-0.39, 0.29) is 23.8 Å². The smallest absolute Gasteiger partial charge is 0.419 e. The maximum Gasteiger partial charge on any atom is 0.419 e. The van der Waals surface area contributed by atoms with Crippen LogP contribution in [0, 0.1) is 0 Å². The third-order valence-corrected chi connectivity index (χ3v) is 3.12. The van der Waals surface area contributed by atoms with Crippen LogP contribution in [0.5, 0.6) is 5.75 Å². The van der Waals surface area contributed by atoms with Gasteiger partial charge in [-0.25, -0.2) is 0 Å². The minimum absolute atomic E-state index is 0.0216. The summed E-state index contributed by atoms with van der Waals surface area (Å²) in [4.78, 5) is 0. The van der Waals surface area contributed by atoms with Crippen LogP contribution in [0.4, 0.5) is 13.2 Å². The molecule has 128 valence electrons. The van der Waals surface area contributed by atoms with Crippen LogP contribution >= 0.6 is 0 Å². The minimum Gasteiger partial charge on any atom is -0.493 e. The summed E-state index contributed by atoms with van der Waals surface area (Å²) in [5.41, 5.74) is 4.35. The van der Waals surface area contributed by atoms with Crippen molar-refractivity contribution in [2.75, 3.05) is 6.61 Å². The van der Waals surface area contributed by atoms with Gasteiger partial charge in [0.2, 0.25) is 0 Å². The lowest BCUT2D eigenvalue weighted by Crippen LogP contribution is -2.16. The van der Waals surface area contributed by atoms with Gasteiger partial charge in [0.25, 0.3) is 0 Å². The van der Waals surface area contributed by atoms with Crippen molar-refractivity contribution in [3.63, 3.8) is 0 Å². The Labute approximate surface area is 133 Å². The zero-order chi connectivity index (χ0) is 17.3. The predicted octanol–water partition coefficient (Wildman–Crippen LogP) is 4.32. The molecule has 0 saturated carbocycles. The van der Waals surface area contributed by atoms with Gasteiger partial charge in [-0.05, 0) is 31.0 Å². The molecule has 0 radical (unpaired) electrons. The Hall–Kier alpha value is -2.18. The topological polar surface area (TPSA) is 67.8 Å². The van der Waals surface area contributed by atoms with Crippen molar-refractivity contribution in [3.05, 3.63) is 41.5 Å². The number of benzene rings is 1. The molecule has 4 nitrogen and oxygen atoms in total. The van der Waals surface area contributed by atoms with Crippen LogP contribution in [0.2, 0.25) is 0 Å². The van der Waals surface area contributed by atoms with Crippen molar-refractivity contribution in [2.24, 2.45) is 10.9 Å². The van der Waals surface area contributed by atoms with Crippen molar-refractivity contribution in [1.82, 2.24) is 0 Å². The number of unbranched alkanes of at least 4 members (excludes halogenated alkanes) is 2. The monoisotopic (exact) mass is 330 g/mol. The number of amidine groups is 1. The molecule has 0 saturated heterocycles. The standard InChI is InChI=1S/C16H21F3N2O2/c1-2-3-4-5-6-7-10-23-14-9-8-12(15(20)21-22)11-13(14)16(17,18)19/h5-6,8-9,11,22H,2-4,7,10H2,1H3,(H2,20,21)/b6-5-. The van der Waals surface area contributed by atoms with Gasteiger partial charge in [-0.2, -0.15) is 13.2 Å². The molecule has 0 aliphatic heterocycles. The third kappa shape index (κ3) is 6.22. The first-order chi connectivity index (χ1) is 10.9. The molecule has 3 N–H and O–H groups in total. The summed E-state index contributed by atoms with van der Waals surface area (Å²) in [5.74, 6) is -0.658. The Morgan fingerprint density at radius 2 is 2.00 bits per heavy atom. The zero-order valence-electron chi connectivity index (χ0n) is 12.9. The molecule has 7 heteroatoms. The molecule has 0 aliphatic rings. The van der Waals surface area contributed by atoms with Gasteiger partial charge in [0, 0.05) is 5.56 Å². The molecule has 0 amide bonds. The first kappa shape index (κ1) is 18.9. The first-order valence-corrected chi connectivity index (χ1v) is 7.37. The number of ether oxygens (including phenoxy) is 1. The Kier molecular flexibility index (Phi) is 7.44. The molecule has 0 unspecified atom stereocenters. The molecule has 23 heavy (non-hydrogen) atoms. The van der Waals surface area contributed by atoms with E-state index in [1.807, 2.05) is 12.2 Å². The Bertz CT molecular complexity index is 555. The number of allylic oxidation sites excluding steroid dienone is 1. The number of hydrogen-bond donors (Lipinski definition) is 2. The van der Waals surface area contributed by atoms with Gasteiger partial charge in [-0.3, -0.25) is 0 Å². The molecule has 0 bridgehead atoms. The maximum atomic E-state index is 13.1. The fourth-order valence-electron chi connectivity index (χ4n) is 1.89. The van der Waals surface area contributed by atoms with Gasteiger partial charge in [0.15, 0.2) is 5.84 Å². The van der Waals surface area contributed by atoms with Gasteiger partial charge >= 0.3 is 6.18 Å². The van der Waals surface area contributed by atoms with E-state index in [2.05, 4.69) is 12.1 Å². The lowest BCUT2D eigenvalue weighted by Gasteiger charge is -2.14. The molecule has 1 aromatic rings. The fraction of sp³-hybridized carbons (Fsp3) is 0.438. The van der Waals surface area contributed by atoms with Crippen molar-refractivity contribution < 1.29 is 23.1 Å². The van der Waals surface area contributed by atoms with Crippen molar-refractivity contribution in [1.29, 1.82) is 0 Å². The van der Waals surface area contributed by atoms with Crippen LogP contribution in [-0.4, -0.2) is 17.6 Å². The molecular formula is C16H21F3N2O2. The van der Waals surface area contributed by atoms with Gasteiger partial charge in [0.05, 0.1) is 12.2 Å². The second kappa shape index (κ2) is 9.07. The van der Waals surface area contributed by atoms with Crippen LogP contribution in [0.3, 0.4) is 0 Å². The van der Waals surface area contributed by atoms with E-state index in [9.17, 15) is 13.2 Å². The van der Waals surface area contributed by atoms with Crippen LogP contribution in [0.15, 0.2) is 35.5 Å². The van der Waals surface area contributed by atoms with Crippen LogP contribution in [0.1, 0.15) is 43.7 Å². The van der Waals surface area contributed by atoms with E-state index < -0.39 is 11.7 Å². The van der Waals surface area contributed by atoms with Crippen LogP contribution in [0.25, 0.3) is 0 Å². The highest BCUT2D eigenvalue weighted by atomic mass is 19.4. The molecule has 0 aliphatic carbocycles. The first-order valence-electron chi connectivity index (χ1n) is 7.37. The number of hydrogen-bond acceptors (Lipinski definition) is 3. The Balaban J connectivity index is 2.76. The Morgan fingerprint density at radius 3 is 2.61 bits per heavy atom. The lowest BCUT2D eigenvalue weighted by molar-refractivity contribution is -0.138. The van der Waals surface area contributed by atoms with E-state index in [0.29, 0.717) is 6.42 Å². The maximum absolute atomic E-state index is 13.1. The van der Waals surface area contributed by atoms with Gasteiger partial charge < -0.3 is 15.7 Å². The lowest BCUT2D eigenvalue weighted by atomic mass is 10.1. The molecule has 0 fully saturated rings. The average Bonchev–Trinajstić information content (AvgIpc) is 2.52. The highest BCUT2D eigenvalue weighted by Crippen LogP contribution is 2.36. The molecule has 1 rings (SSSR count). The molecule has 1 aromatic carbocycles. The largest absolute Gasteiger partial charge is 0.493 e. The van der Waals surface area contributed by atoms with Crippen LogP contribution < -0.4 is 10.5 Å². The highest BCUT2D eigenvalue weighted by molar-refractivity contribution is 5.97. The fourth-order valence-corrected chi connectivity index (χ4v) is 1.89. The van der Waals surface area contributed by atoms with E-state index in [0.717, 1.165) is 25.3 Å². The molecular weight excluding hydrogens is 309 g/mol. The number of alkyl halides is 3. The second-order valence-electron chi connectivity index (χ2n) is 4.94. The van der Waals surface area contributed by atoms with Gasteiger partial charge in [-0.15, -0.1) is 0 Å². The van der Waals surface area contributed by atoms with E-state index in [1.165, 1.54) is 12.1 Å². The average molecular weight is 330 g/mol. The summed E-state index contributed by atoms with van der Waals surface area (Å²) >= 11 is 0. The predicted molar refractivity (Wildman–Crippen MR) is 82.7 cm³/mol. The second-order valence-corrected chi connectivity index (χ2v) is 4.94. The summed E-state index contributed by atoms with van der Waals surface area (Å²) in [7, 11) is 0. The van der Waals surface area contributed by atoms with Crippen molar-refractivity contribution in [2.45, 2.75) is 38.8 Å². The summed E-state index contributed by atoms with van der Waals surface area (Å²) < 4.78 is 44.4. The van der Waals surface area contributed by atoms with Gasteiger partial charge in [0.1, 0.15) is 5.75 Å². The summed E-state index contributed by atoms with van der Waals surface area (Å²) in [6.45, 7) is 2.24. The summed E-state index contributed by atoms with van der Waals surface area (Å²) in [6.07, 6.45) is 2.99. The summed E-state index contributed by atoms with van der Waals surface area (Å²) in [6, 6.07) is 3.30. The van der Waals surface area contributed by atoms with Gasteiger partial charge in [-0.1, -0.05) is 37.1 Å². The van der Waals surface area contributed by atoms with Crippen molar-refractivity contribution >= 4 is 5.84 Å². The molecule has 0 spiro atoms. The SMILES string of the molecule is CCCC/C=C\CCOc1ccc(/C(N)=N/O)cc1C(F)(F)F. The quantitative estimate of drug-likeness (QED) is 0.186. The Morgan fingerprint density at radius 1 is 1.30 bits per heavy atom. The third-order valence-electron chi connectivity index (χ3n) is 3.12. The van der Waals surface area contributed by atoms with Crippen LogP contribution in [-0.2, 0) is 6.18 Å².